The molecule has 5 heteroatoms. The average molecular weight is 290 g/mol. The fourth-order valence-corrected chi connectivity index (χ4v) is 2.27. The van der Waals surface area contributed by atoms with Crippen LogP contribution in [-0.2, 0) is 13.2 Å². The second kappa shape index (κ2) is 6.47. The predicted octanol–water partition coefficient (Wildman–Crippen LogP) is 2.06. The molecular formula is C16H18O5. The van der Waals surface area contributed by atoms with E-state index in [0.717, 1.165) is 0 Å². The summed E-state index contributed by atoms with van der Waals surface area (Å²) in [4.78, 5) is 0. The first-order chi connectivity index (χ1) is 10.1. The monoisotopic (exact) mass is 290 g/mol. The number of benzene rings is 2. The minimum Gasteiger partial charge on any atom is -0.507 e. The summed E-state index contributed by atoms with van der Waals surface area (Å²) in [5.41, 5.74) is 2.32. The number of methoxy groups -OCH3 is 2. The van der Waals surface area contributed by atoms with Gasteiger partial charge in [0.25, 0.3) is 0 Å². The number of aromatic hydroxyl groups is 1. The molecule has 0 aliphatic rings. The summed E-state index contributed by atoms with van der Waals surface area (Å²) in [6, 6.07) is 8.27. The molecule has 3 N–H and O–H groups in total. The van der Waals surface area contributed by atoms with Crippen LogP contribution in [-0.4, -0.2) is 29.5 Å². The van der Waals surface area contributed by atoms with Gasteiger partial charge in [-0.1, -0.05) is 6.07 Å². The Morgan fingerprint density at radius 3 is 2.24 bits per heavy atom. The molecule has 2 rings (SSSR count). The molecule has 0 atom stereocenters. The number of aliphatic hydroxyl groups is 2. The van der Waals surface area contributed by atoms with Gasteiger partial charge in [-0.2, -0.15) is 0 Å². The quantitative estimate of drug-likeness (QED) is 0.785. The van der Waals surface area contributed by atoms with Crippen molar-refractivity contribution >= 4 is 0 Å². The average Bonchev–Trinajstić information content (AvgIpc) is 2.53. The maximum atomic E-state index is 10.2. The highest BCUT2D eigenvalue weighted by Gasteiger charge is 2.16. The van der Waals surface area contributed by atoms with Gasteiger partial charge in [-0.3, -0.25) is 0 Å². The Morgan fingerprint density at radius 1 is 0.952 bits per heavy atom. The molecule has 0 radical (unpaired) electrons. The van der Waals surface area contributed by atoms with Gasteiger partial charge in [0.2, 0.25) is 0 Å². The lowest BCUT2D eigenvalue weighted by Gasteiger charge is -2.16. The lowest BCUT2D eigenvalue weighted by molar-refractivity contribution is 0.274. The van der Waals surface area contributed by atoms with Crippen molar-refractivity contribution in [2.45, 2.75) is 13.2 Å². The highest BCUT2D eigenvalue weighted by molar-refractivity contribution is 5.79. The lowest BCUT2D eigenvalue weighted by atomic mass is 9.95. The molecule has 0 amide bonds. The van der Waals surface area contributed by atoms with Gasteiger partial charge in [-0.15, -0.1) is 0 Å². The van der Waals surface area contributed by atoms with Gasteiger partial charge in [0.1, 0.15) is 17.2 Å². The highest BCUT2D eigenvalue weighted by Crippen LogP contribution is 2.40. The lowest BCUT2D eigenvalue weighted by Crippen LogP contribution is -1.98. The molecule has 0 aromatic heterocycles. The van der Waals surface area contributed by atoms with Crippen LogP contribution < -0.4 is 9.47 Å². The van der Waals surface area contributed by atoms with E-state index in [2.05, 4.69) is 0 Å². The molecule has 0 bridgehead atoms. The molecule has 0 saturated carbocycles. The van der Waals surface area contributed by atoms with Gasteiger partial charge in [-0.25, -0.2) is 0 Å². The topological polar surface area (TPSA) is 79.2 Å². The molecular weight excluding hydrogens is 272 g/mol. The Labute approximate surface area is 123 Å². The second-order valence-corrected chi connectivity index (χ2v) is 4.53. The van der Waals surface area contributed by atoms with Gasteiger partial charge in [0, 0.05) is 17.2 Å². The smallest absolute Gasteiger partial charge is 0.127 e. The standard InChI is InChI=1S/C16H18O5/c1-20-12-3-4-13(14(19)7-12)16-11(9-18)5-10(8-17)6-15(16)21-2/h3-7,17-19H,8-9H2,1-2H3. The molecule has 5 nitrogen and oxygen atoms in total. The predicted molar refractivity (Wildman–Crippen MR) is 78.5 cm³/mol. The Bertz CT molecular complexity index is 612. The SMILES string of the molecule is COc1ccc(-c2c(CO)cc(CO)cc2OC)c(O)c1. The third kappa shape index (κ3) is 2.94. The summed E-state index contributed by atoms with van der Waals surface area (Å²) in [6.45, 7) is -0.386. The number of hydrogen-bond acceptors (Lipinski definition) is 5. The van der Waals surface area contributed by atoms with Gasteiger partial charge in [0.15, 0.2) is 0 Å². The van der Waals surface area contributed by atoms with Crippen molar-refractivity contribution in [3.05, 3.63) is 41.5 Å². The van der Waals surface area contributed by atoms with Crippen LogP contribution in [0.1, 0.15) is 11.1 Å². The third-order valence-electron chi connectivity index (χ3n) is 3.29. The van der Waals surface area contributed by atoms with Crippen LogP contribution in [0.25, 0.3) is 11.1 Å². The minimum absolute atomic E-state index is 0.0269. The highest BCUT2D eigenvalue weighted by atomic mass is 16.5. The van der Waals surface area contributed by atoms with E-state index in [4.69, 9.17) is 9.47 Å². The number of aliphatic hydroxyl groups excluding tert-OH is 2. The third-order valence-corrected chi connectivity index (χ3v) is 3.29. The Morgan fingerprint density at radius 2 is 1.71 bits per heavy atom. The van der Waals surface area contributed by atoms with Crippen LogP contribution in [0.2, 0.25) is 0 Å². The Kier molecular flexibility index (Phi) is 4.67. The van der Waals surface area contributed by atoms with E-state index in [0.29, 0.717) is 33.8 Å². The molecule has 0 fully saturated rings. The van der Waals surface area contributed by atoms with E-state index in [1.165, 1.54) is 20.3 Å². The summed E-state index contributed by atoms with van der Waals surface area (Å²) >= 11 is 0. The number of rotatable bonds is 5. The van der Waals surface area contributed by atoms with E-state index in [1.807, 2.05) is 0 Å². The zero-order chi connectivity index (χ0) is 15.4. The summed E-state index contributed by atoms with van der Waals surface area (Å²) in [5.74, 6) is 1.04. The second-order valence-electron chi connectivity index (χ2n) is 4.53. The van der Waals surface area contributed by atoms with Gasteiger partial charge in [-0.05, 0) is 29.3 Å². The van der Waals surface area contributed by atoms with Crippen molar-refractivity contribution in [1.29, 1.82) is 0 Å². The summed E-state index contributed by atoms with van der Waals surface area (Å²) < 4.78 is 10.4. The summed E-state index contributed by atoms with van der Waals surface area (Å²) in [5, 5.41) is 29.0. The van der Waals surface area contributed by atoms with Crippen LogP contribution in [0.3, 0.4) is 0 Å². The van der Waals surface area contributed by atoms with Crippen LogP contribution in [0.5, 0.6) is 17.2 Å². The zero-order valence-electron chi connectivity index (χ0n) is 12.0. The molecule has 0 aliphatic carbocycles. The molecule has 2 aromatic carbocycles. The summed E-state index contributed by atoms with van der Waals surface area (Å²) in [7, 11) is 3.02. The molecule has 0 unspecified atom stereocenters. The minimum atomic E-state index is -0.231. The number of ether oxygens (including phenoxy) is 2. The largest absolute Gasteiger partial charge is 0.507 e. The van der Waals surface area contributed by atoms with Crippen LogP contribution in [0.15, 0.2) is 30.3 Å². The molecule has 21 heavy (non-hydrogen) atoms. The van der Waals surface area contributed by atoms with E-state index < -0.39 is 0 Å². The van der Waals surface area contributed by atoms with Crippen LogP contribution >= 0.6 is 0 Å². The molecule has 0 heterocycles. The van der Waals surface area contributed by atoms with Crippen molar-refractivity contribution in [2.75, 3.05) is 14.2 Å². The van der Waals surface area contributed by atoms with Crippen LogP contribution in [0.4, 0.5) is 0 Å². The van der Waals surface area contributed by atoms with Crippen molar-refractivity contribution < 1.29 is 24.8 Å². The summed E-state index contributed by atoms with van der Waals surface area (Å²) in [6.07, 6.45) is 0. The fourth-order valence-electron chi connectivity index (χ4n) is 2.27. The van der Waals surface area contributed by atoms with Gasteiger partial charge < -0.3 is 24.8 Å². The number of hydrogen-bond donors (Lipinski definition) is 3. The van der Waals surface area contributed by atoms with Gasteiger partial charge >= 0.3 is 0 Å². The van der Waals surface area contributed by atoms with Crippen LogP contribution in [0, 0.1) is 0 Å². The van der Waals surface area contributed by atoms with Crippen molar-refractivity contribution in [3.8, 4) is 28.4 Å². The van der Waals surface area contributed by atoms with E-state index in [1.54, 1.807) is 24.3 Å². The first kappa shape index (κ1) is 15.2. The maximum absolute atomic E-state index is 10.2. The molecule has 0 saturated heterocycles. The zero-order valence-corrected chi connectivity index (χ0v) is 12.0. The molecule has 2 aromatic rings. The number of phenolic OH excluding ortho intramolecular Hbond substituents is 1. The Balaban J connectivity index is 2.67. The first-order valence-electron chi connectivity index (χ1n) is 6.43. The van der Waals surface area contributed by atoms with E-state index >= 15 is 0 Å². The molecule has 0 aliphatic heterocycles. The van der Waals surface area contributed by atoms with Crippen molar-refractivity contribution in [2.24, 2.45) is 0 Å². The van der Waals surface area contributed by atoms with Gasteiger partial charge in [0.05, 0.1) is 27.4 Å². The Hall–Kier alpha value is -2.24. The molecule has 112 valence electrons. The maximum Gasteiger partial charge on any atom is 0.127 e. The first-order valence-corrected chi connectivity index (χ1v) is 6.43. The van der Waals surface area contributed by atoms with E-state index in [9.17, 15) is 15.3 Å². The van der Waals surface area contributed by atoms with E-state index in [-0.39, 0.29) is 19.0 Å². The normalized spacial score (nSPS) is 10.5. The fraction of sp³-hybridized carbons (Fsp3) is 0.250. The van der Waals surface area contributed by atoms with Crippen molar-refractivity contribution in [1.82, 2.24) is 0 Å². The molecule has 0 spiro atoms. The van der Waals surface area contributed by atoms with Crippen molar-refractivity contribution in [3.63, 3.8) is 0 Å². The number of phenols is 1.